The van der Waals surface area contributed by atoms with Crippen LogP contribution in [0.4, 0.5) is 0 Å². The molecule has 5 nitrogen and oxygen atoms in total. The standard InChI is InChI=1S/C15H29N3O2/c1-14(2,18-8-10-20-11-9-18)12-17-13(19)15(16)6-4-3-5-7-15/h3-12,16H2,1-2H3,(H,17,19). The van der Waals surface area contributed by atoms with Gasteiger partial charge in [0.05, 0.1) is 18.8 Å². The van der Waals surface area contributed by atoms with Gasteiger partial charge in [0.2, 0.25) is 5.91 Å². The third-order valence-corrected chi connectivity index (χ3v) is 4.75. The van der Waals surface area contributed by atoms with Gasteiger partial charge in [-0.1, -0.05) is 19.3 Å². The summed E-state index contributed by atoms with van der Waals surface area (Å²) < 4.78 is 5.38. The molecule has 0 radical (unpaired) electrons. The molecule has 2 aliphatic rings. The van der Waals surface area contributed by atoms with Gasteiger partial charge in [-0.15, -0.1) is 0 Å². The van der Waals surface area contributed by atoms with E-state index in [1.165, 1.54) is 6.42 Å². The molecule has 0 aromatic heterocycles. The summed E-state index contributed by atoms with van der Waals surface area (Å²) in [6, 6.07) is 0. The fourth-order valence-corrected chi connectivity index (χ4v) is 3.16. The predicted molar refractivity (Wildman–Crippen MR) is 79.5 cm³/mol. The first-order chi connectivity index (χ1) is 9.44. The summed E-state index contributed by atoms with van der Waals surface area (Å²) in [6.45, 7) is 8.39. The van der Waals surface area contributed by atoms with E-state index in [-0.39, 0.29) is 11.4 Å². The van der Waals surface area contributed by atoms with Crippen molar-refractivity contribution >= 4 is 5.91 Å². The van der Waals surface area contributed by atoms with E-state index >= 15 is 0 Å². The van der Waals surface area contributed by atoms with Crippen LogP contribution >= 0.6 is 0 Å². The van der Waals surface area contributed by atoms with Crippen LogP contribution in [0.3, 0.4) is 0 Å². The fourth-order valence-electron chi connectivity index (χ4n) is 3.16. The molecule has 1 aliphatic heterocycles. The number of amides is 1. The summed E-state index contributed by atoms with van der Waals surface area (Å²) in [4.78, 5) is 14.7. The minimum Gasteiger partial charge on any atom is -0.379 e. The monoisotopic (exact) mass is 283 g/mol. The Hall–Kier alpha value is -0.650. The predicted octanol–water partition coefficient (Wildman–Crippen LogP) is 0.875. The Kier molecular flexibility index (Phi) is 5.04. The Morgan fingerprint density at radius 2 is 1.85 bits per heavy atom. The fraction of sp³-hybridized carbons (Fsp3) is 0.933. The van der Waals surface area contributed by atoms with Crippen molar-refractivity contribution in [1.82, 2.24) is 10.2 Å². The quantitative estimate of drug-likeness (QED) is 0.803. The number of nitrogens with one attached hydrogen (secondary N) is 1. The first-order valence-electron chi connectivity index (χ1n) is 7.84. The van der Waals surface area contributed by atoms with Gasteiger partial charge in [-0.25, -0.2) is 0 Å². The molecule has 20 heavy (non-hydrogen) atoms. The maximum absolute atomic E-state index is 12.4. The summed E-state index contributed by atoms with van der Waals surface area (Å²) in [5.41, 5.74) is 5.57. The number of nitrogens with zero attached hydrogens (tertiary/aromatic N) is 1. The number of nitrogens with two attached hydrogens (primary N) is 1. The Morgan fingerprint density at radius 1 is 1.25 bits per heavy atom. The van der Waals surface area contributed by atoms with Gasteiger partial charge in [0, 0.05) is 25.2 Å². The molecule has 0 unspecified atom stereocenters. The Bertz CT molecular complexity index is 332. The highest BCUT2D eigenvalue weighted by molar-refractivity contribution is 5.86. The second-order valence-electron chi connectivity index (χ2n) is 6.81. The number of carbonyl (C=O) groups is 1. The smallest absolute Gasteiger partial charge is 0.240 e. The van der Waals surface area contributed by atoms with Gasteiger partial charge in [0.15, 0.2) is 0 Å². The summed E-state index contributed by atoms with van der Waals surface area (Å²) >= 11 is 0. The van der Waals surface area contributed by atoms with Crippen LogP contribution in [0.5, 0.6) is 0 Å². The largest absolute Gasteiger partial charge is 0.379 e. The number of carbonyl (C=O) groups excluding carboxylic acids is 1. The van der Waals surface area contributed by atoms with Crippen molar-refractivity contribution in [2.45, 2.75) is 57.0 Å². The van der Waals surface area contributed by atoms with Gasteiger partial charge in [-0.2, -0.15) is 0 Å². The number of hydrogen-bond donors (Lipinski definition) is 2. The van der Waals surface area contributed by atoms with Crippen LogP contribution in [0.25, 0.3) is 0 Å². The van der Waals surface area contributed by atoms with Crippen molar-refractivity contribution in [2.75, 3.05) is 32.8 Å². The summed E-state index contributed by atoms with van der Waals surface area (Å²) in [6.07, 6.45) is 4.96. The van der Waals surface area contributed by atoms with E-state index in [0.717, 1.165) is 52.0 Å². The minimum absolute atomic E-state index is 0.0264. The van der Waals surface area contributed by atoms with E-state index < -0.39 is 5.54 Å². The maximum atomic E-state index is 12.4. The van der Waals surface area contributed by atoms with E-state index in [1.54, 1.807) is 0 Å². The molecule has 1 heterocycles. The molecule has 0 aromatic carbocycles. The number of hydrogen-bond acceptors (Lipinski definition) is 4. The van der Waals surface area contributed by atoms with Crippen LogP contribution in [0.15, 0.2) is 0 Å². The summed E-state index contributed by atoms with van der Waals surface area (Å²) in [7, 11) is 0. The lowest BCUT2D eigenvalue weighted by Gasteiger charge is -2.41. The van der Waals surface area contributed by atoms with Crippen LogP contribution in [-0.2, 0) is 9.53 Å². The molecule has 1 saturated heterocycles. The molecule has 0 aromatic rings. The highest BCUT2D eigenvalue weighted by Gasteiger charge is 2.36. The number of ether oxygens (including phenoxy) is 1. The zero-order chi connectivity index (χ0) is 14.6. The third kappa shape index (κ3) is 3.71. The first kappa shape index (κ1) is 15.7. The zero-order valence-corrected chi connectivity index (χ0v) is 12.9. The molecule has 0 spiro atoms. The Balaban J connectivity index is 1.85. The highest BCUT2D eigenvalue weighted by Crippen LogP contribution is 2.26. The van der Waals surface area contributed by atoms with Crippen molar-refractivity contribution < 1.29 is 9.53 Å². The lowest BCUT2D eigenvalue weighted by atomic mass is 9.82. The lowest BCUT2D eigenvalue weighted by molar-refractivity contribution is -0.128. The van der Waals surface area contributed by atoms with Crippen molar-refractivity contribution in [3.63, 3.8) is 0 Å². The van der Waals surface area contributed by atoms with Gasteiger partial charge >= 0.3 is 0 Å². The van der Waals surface area contributed by atoms with Gasteiger partial charge in [0.1, 0.15) is 0 Å². The molecule has 1 aliphatic carbocycles. The molecule has 1 saturated carbocycles. The molecule has 5 heteroatoms. The Morgan fingerprint density at radius 3 is 2.45 bits per heavy atom. The van der Waals surface area contributed by atoms with Gasteiger partial charge < -0.3 is 15.8 Å². The molecule has 0 atom stereocenters. The van der Waals surface area contributed by atoms with E-state index in [4.69, 9.17) is 10.5 Å². The second kappa shape index (κ2) is 6.41. The molecule has 0 bridgehead atoms. The second-order valence-corrected chi connectivity index (χ2v) is 6.81. The van der Waals surface area contributed by atoms with Crippen molar-refractivity contribution in [3.8, 4) is 0 Å². The zero-order valence-electron chi connectivity index (χ0n) is 12.9. The van der Waals surface area contributed by atoms with E-state index in [1.807, 2.05) is 0 Å². The lowest BCUT2D eigenvalue weighted by Crippen LogP contribution is -2.60. The molecule has 1 amide bonds. The van der Waals surface area contributed by atoms with Gasteiger partial charge in [0.25, 0.3) is 0 Å². The minimum atomic E-state index is -0.640. The SMILES string of the molecule is CC(C)(CNC(=O)C1(N)CCCCC1)N1CCOCC1. The van der Waals surface area contributed by atoms with Gasteiger partial charge in [-0.05, 0) is 26.7 Å². The molecular formula is C15H29N3O2. The van der Waals surface area contributed by atoms with Crippen LogP contribution in [0.1, 0.15) is 46.0 Å². The Labute approximate surface area is 122 Å². The van der Waals surface area contributed by atoms with E-state index in [2.05, 4.69) is 24.1 Å². The van der Waals surface area contributed by atoms with Crippen molar-refractivity contribution in [1.29, 1.82) is 0 Å². The highest BCUT2D eigenvalue weighted by atomic mass is 16.5. The van der Waals surface area contributed by atoms with Crippen molar-refractivity contribution in [2.24, 2.45) is 5.73 Å². The van der Waals surface area contributed by atoms with Crippen LogP contribution in [0, 0.1) is 0 Å². The van der Waals surface area contributed by atoms with E-state index in [9.17, 15) is 4.79 Å². The molecule has 3 N–H and O–H groups in total. The van der Waals surface area contributed by atoms with Gasteiger partial charge in [-0.3, -0.25) is 9.69 Å². The first-order valence-corrected chi connectivity index (χ1v) is 7.84. The molecule has 2 fully saturated rings. The molecule has 116 valence electrons. The average molecular weight is 283 g/mol. The maximum Gasteiger partial charge on any atom is 0.240 e. The number of morpholine rings is 1. The van der Waals surface area contributed by atoms with Crippen LogP contribution in [-0.4, -0.2) is 54.7 Å². The molecule has 2 rings (SSSR count). The van der Waals surface area contributed by atoms with Crippen LogP contribution in [0.2, 0.25) is 0 Å². The number of rotatable bonds is 4. The average Bonchev–Trinajstić information content (AvgIpc) is 2.46. The summed E-state index contributed by atoms with van der Waals surface area (Å²) in [5.74, 6) is 0.0264. The normalized spacial score (nSPS) is 24.4. The van der Waals surface area contributed by atoms with E-state index in [0.29, 0.717) is 6.54 Å². The van der Waals surface area contributed by atoms with Crippen LogP contribution < -0.4 is 11.1 Å². The van der Waals surface area contributed by atoms with Crippen molar-refractivity contribution in [3.05, 3.63) is 0 Å². The molecular weight excluding hydrogens is 254 g/mol. The summed E-state index contributed by atoms with van der Waals surface area (Å²) in [5, 5.41) is 3.08. The third-order valence-electron chi connectivity index (χ3n) is 4.75. The topological polar surface area (TPSA) is 67.6 Å².